The first-order chi connectivity index (χ1) is 13.1. The number of hydrogen-bond donors (Lipinski definition) is 0. The van der Waals surface area contributed by atoms with Gasteiger partial charge in [0.25, 0.3) is 5.56 Å². The molecule has 2 aliphatic rings. The van der Waals surface area contributed by atoms with Crippen LogP contribution in [-0.2, 0) is 13.1 Å². The van der Waals surface area contributed by atoms with Crippen LogP contribution in [0.25, 0.3) is 11.0 Å². The number of pyridine rings is 1. The zero-order valence-electron chi connectivity index (χ0n) is 15.4. The number of benzene rings is 1. The summed E-state index contributed by atoms with van der Waals surface area (Å²) < 4.78 is 7.32. The van der Waals surface area contributed by atoms with E-state index in [1.807, 2.05) is 29.7 Å². The lowest BCUT2D eigenvalue weighted by atomic mass is 9.83. The largest absolute Gasteiger partial charge is 0.423 e. The predicted molar refractivity (Wildman–Crippen MR) is 104 cm³/mol. The molecule has 1 aromatic carbocycles. The number of piperidine rings is 1. The van der Waals surface area contributed by atoms with Gasteiger partial charge < -0.3 is 8.98 Å². The van der Waals surface area contributed by atoms with Crippen LogP contribution in [0.3, 0.4) is 0 Å². The average Bonchev–Trinajstić information content (AvgIpc) is 2.63. The molecule has 1 fully saturated rings. The summed E-state index contributed by atoms with van der Waals surface area (Å²) in [4.78, 5) is 26.6. The fraction of sp³-hybridized carbons (Fsp3) is 0.364. The number of hydrogen-bond acceptors (Lipinski definition) is 4. The van der Waals surface area contributed by atoms with E-state index < -0.39 is 0 Å². The van der Waals surface area contributed by atoms with Gasteiger partial charge in [0.2, 0.25) is 0 Å². The maximum absolute atomic E-state index is 12.2. The summed E-state index contributed by atoms with van der Waals surface area (Å²) in [5.41, 5.74) is 3.79. The quantitative estimate of drug-likeness (QED) is 0.658. The van der Waals surface area contributed by atoms with E-state index in [4.69, 9.17) is 4.42 Å². The van der Waals surface area contributed by atoms with Gasteiger partial charge in [-0.15, -0.1) is 0 Å². The fourth-order valence-corrected chi connectivity index (χ4v) is 4.84. The summed E-state index contributed by atoms with van der Waals surface area (Å²) >= 11 is 0. The monoisotopic (exact) mass is 362 g/mol. The van der Waals surface area contributed by atoms with Crippen molar-refractivity contribution in [3.63, 3.8) is 0 Å². The van der Waals surface area contributed by atoms with E-state index in [9.17, 15) is 9.59 Å². The van der Waals surface area contributed by atoms with Gasteiger partial charge in [0.05, 0.1) is 0 Å². The van der Waals surface area contributed by atoms with E-state index in [0.717, 1.165) is 54.8 Å². The maximum atomic E-state index is 12.2. The number of rotatable bonds is 2. The molecule has 3 aromatic rings. The molecule has 2 atom stereocenters. The lowest BCUT2D eigenvalue weighted by molar-refractivity contribution is 0.114. The van der Waals surface area contributed by atoms with Crippen molar-refractivity contribution in [2.75, 3.05) is 13.1 Å². The second-order valence-electron chi connectivity index (χ2n) is 7.98. The zero-order chi connectivity index (χ0) is 18.5. The molecule has 4 heterocycles. The van der Waals surface area contributed by atoms with Gasteiger partial charge in [-0.3, -0.25) is 9.69 Å². The number of aryl methyl sites for hydroxylation is 1. The van der Waals surface area contributed by atoms with Crippen LogP contribution in [0.1, 0.15) is 29.2 Å². The standard InChI is InChI=1S/C22H22N2O3/c1-14-5-6-20-18(7-14)16(9-22(26)27-20)12-23-10-15-8-17(13-23)19-3-2-4-21(25)24(19)11-15/h2-7,9,15,17H,8,10-13H2,1H3/t15-,17+/m1/s1. The first kappa shape index (κ1) is 16.5. The summed E-state index contributed by atoms with van der Waals surface area (Å²) in [5.74, 6) is 0.851. The molecule has 0 aliphatic carbocycles. The van der Waals surface area contributed by atoms with Crippen LogP contribution in [0.2, 0.25) is 0 Å². The highest BCUT2D eigenvalue weighted by molar-refractivity contribution is 5.80. The second-order valence-corrected chi connectivity index (χ2v) is 7.98. The van der Waals surface area contributed by atoms with Gasteiger partial charge in [-0.1, -0.05) is 17.7 Å². The highest BCUT2D eigenvalue weighted by atomic mass is 16.4. The van der Waals surface area contributed by atoms with E-state index >= 15 is 0 Å². The van der Waals surface area contributed by atoms with E-state index in [1.165, 1.54) is 0 Å². The summed E-state index contributed by atoms with van der Waals surface area (Å²) in [6.45, 7) is 5.43. The lowest BCUT2D eigenvalue weighted by Crippen LogP contribution is -2.46. The van der Waals surface area contributed by atoms with Crippen LogP contribution >= 0.6 is 0 Å². The van der Waals surface area contributed by atoms with Crippen molar-refractivity contribution in [2.24, 2.45) is 5.92 Å². The third kappa shape index (κ3) is 2.92. The summed E-state index contributed by atoms with van der Waals surface area (Å²) in [5, 5.41) is 1.02. The smallest absolute Gasteiger partial charge is 0.336 e. The highest BCUT2D eigenvalue weighted by Crippen LogP contribution is 2.35. The van der Waals surface area contributed by atoms with E-state index in [1.54, 1.807) is 12.1 Å². The minimum atomic E-state index is -0.296. The van der Waals surface area contributed by atoms with E-state index in [2.05, 4.69) is 17.0 Å². The Labute approximate surface area is 156 Å². The van der Waals surface area contributed by atoms with Crippen molar-refractivity contribution >= 4 is 11.0 Å². The van der Waals surface area contributed by atoms with E-state index in [-0.39, 0.29) is 11.2 Å². The van der Waals surface area contributed by atoms with Gasteiger partial charge in [-0.2, -0.15) is 0 Å². The van der Waals surface area contributed by atoms with Gasteiger partial charge >= 0.3 is 5.63 Å². The molecule has 0 spiro atoms. The van der Waals surface area contributed by atoms with Crippen molar-refractivity contribution in [2.45, 2.75) is 32.4 Å². The Morgan fingerprint density at radius 3 is 2.85 bits per heavy atom. The Morgan fingerprint density at radius 2 is 1.96 bits per heavy atom. The second kappa shape index (κ2) is 6.20. The van der Waals surface area contributed by atoms with Crippen LogP contribution in [0.5, 0.6) is 0 Å². The first-order valence-corrected chi connectivity index (χ1v) is 9.52. The molecular weight excluding hydrogens is 340 g/mol. The third-order valence-corrected chi connectivity index (χ3v) is 5.93. The van der Waals surface area contributed by atoms with Gasteiger partial charge in [-0.25, -0.2) is 4.79 Å². The van der Waals surface area contributed by atoms with E-state index in [0.29, 0.717) is 17.4 Å². The van der Waals surface area contributed by atoms with Crippen molar-refractivity contribution in [3.8, 4) is 0 Å². The van der Waals surface area contributed by atoms with Crippen LogP contribution in [0.15, 0.2) is 56.5 Å². The lowest BCUT2D eigenvalue weighted by Gasteiger charge is -2.42. The highest BCUT2D eigenvalue weighted by Gasteiger charge is 2.34. The number of fused-ring (bicyclic) bond motifs is 5. The third-order valence-electron chi connectivity index (χ3n) is 5.93. The molecule has 5 heteroatoms. The molecule has 0 radical (unpaired) electrons. The number of likely N-dealkylation sites (tertiary alicyclic amines) is 1. The maximum Gasteiger partial charge on any atom is 0.336 e. The fourth-order valence-electron chi connectivity index (χ4n) is 4.84. The Bertz CT molecular complexity index is 1140. The van der Waals surface area contributed by atoms with Crippen molar-refractivity contribution in [3.05, 3.63) is 80.1 Å². The molecule has 5 rings (SSSR count). The zero-order valence-corrected chi connectivity index (χ0v) is 15.4. The van der Waals surface area contributed by atoms with Crippen LogP contribution in [-0.4, -0.2) is 22.6 Å². The molecule has 0 N–H and O–H groups in total. The number of nitrogens with zero attached hydrogens (tertiary/aromatic N) is 2. The molecular formula is C22H22N2O3. The topological polar surface area (TPSA) is 55.5 Å². The molecule has 27 heavy (non-hydrogen) atoms. The number of aromatic nitrogens is 1. The molecule has 0 unspecified atom stereocenters. The molecule has 0 saturated carbocycles. The minimum absolute atomic E-state index is 0.109. The molecule has 138 valence electrons. The Balaban J connectivity index is 1.48. The van der Waals surface area contributed by atoms with Crippen LogP contribution < -0.4 is 11.2 Å². The minimum Gasteiger partial charge on any atom is -0.423 e. The average molecular weight is 362 g/mol. The Morgan fingerprint density at radius 1 is 1.07 bits per heavy atom. The Hall–Kier alpha value is -2.66. The molecule has 5 nitrogen and oxygen atoms in total. The van der Waals surface area contributed by atoms with Crippen molar-refractivity contribution in [1.82, 2.24) is 9.47 Å². The molecule has 2 aromatic heterocycles. The molecule has 0 amide bonds. The normalized spacial score (nSPS) is 22.0. The Kier molecular flexibility index (Phi) is 3.79. The first-order valence-electron chi connectivity index (χ1n) is 9.52. The molecule has 2 bridgehead atoms. The van der Waals surface area contributed by atoms with Gasteiger partial charge in [0.15, 0.2) is 0 Å². The molecule has 2 aliphatic heterocycles. The summed E-state index contributed by atoms with van der Waals surface area (Å²) in [7, 11) is 0. The summed E-state index contributed by atoms with van der Waals surface area (Å²) in [6.07, 6.45) is 1.14. The van der Waals surface area contributed by atoms with Gasteiger partial charge in [0.1, 0.15) is 5.58 Å². The van der Waals surface area contributed by atoms with Crippen LogP contribution in [0, 0.1) is 12.8 Å². The predicted octanol–water partition coefficient (Wildman–Crippen LogP) is 2.88. The van der Waals surface area contributed by atoms with Gasteiger partial charge in [-0.05, 0) is 43.0 Å². The van der Waals surface area contributed by atoms with Crippen molar-refractivity contribution in [1.29, 1.82) is 0 Å². The summed E-state index contributed by atoms with van der Waals surface area (Å²) in [6, 6.07) is 13.2. The SMILES string of the molecule is Cc1ccc2oc(=O)cc(CN3C[C@H]4C[C@@H](C3)c3cccc(=O)n3C4)c2c1. The van der Waals surface area contributed by atoms with Crippen LogP contribution in [0.4, 0.5) is 0 Å². The van der Waals surface area contributed by atoms with Gasteiger partial charge in [0, 0.05) is 55.3 Å². The van der Waals surface area contributed by atoms with Crippen molar-refractivity contribution < 1.29 is 4.42 Å². The molecule has 1 saturated heterocycles.